The molecule has 1 aromatic heterocycles. The second-order valence-corrected chi connectivity index (χ2v) is 6.81. The molecule has 1 fully saturated rings. The lowest BCUT2D eigenvalue weighted by atomic mass is 10.1. The Bertz CT molecular complexity index is 852. The second-order valence-electron chi connectivity index (χ2n) is 6.81. The van der Waals surface area contributed by atoms with Crippen molar-refractivity contribution in [1.29, 1.82) is 0 Å². The Labute approximate surface area is 167 Å². The van der Waals surface area contributed by atoms with Crippen LogP contribution in [0.1, 0.15) is 41.0 Å². The van der Waals surface area contributed by atoms with E-state index in [-0.39, 0.29) is 13.2 Å². The van der Waals surface area contributed by atoms with Gasteiger partial charge in [0.2, 0.25) is 5.88 Å². The summed E-state index contributed by atoms with van der Waals surface area (Å²) in [6.45, 7) is 3.77. The van der Waals surface area contributed by atoms with Gasteiger partial charge in [0.15, 0.2) is 0 Å². The molecule has 0 spiro atoms. The predicted molar refractivity (Wildman–Crippen MR) is 102 cm³/mol. The molecule has 2 aromatic rings. The Kier molecular flexibility index (Phi) is 6.56. The van der Waals surface area contributed by atoms with Crippen molar-refractivity contribution in [2.75, 3.05) is 31.1 Å². The van der Waals surface area contributed by atoms with Crippen LogP contribution in [0.15, 0.2) is 30.3 Å². The third-order valence-electron chi connectivity index (χ3n) is 4.60. The van der Waals surface area contributed by atoms with Crippen molar-refractivity contribution in [2.45, 2.75) is 32.4 Å². The van der Waals surface area contributed by atoms with Crippen LogP contribution in [0.3, 0.4) is 0 Å². The van der Waals surface area contributed by atoms with Gasteiger partial charge in [-0.2, -0.15) is 18.2 Å². The van der Waals surface area contributed by atoms with Crippen molar-refractivity contribution in [1.82, 2.24) is 15.3 Å². The zero-order valence-electron chi connectivity index (χ0n) is 16.1. The number of aryl methyl sites for hydroxylation is 1. The third kappa shape index (κ3) is 5.58. The number of piperidine rings is 1. The summed E-state index contributed by atoms with van der Waals surface area (Å²) >= 11 is 0. The summed E-state index contributed by atoms with van der Waals surface area (Å²) in [7, 11) is 0. The number of anilines is 1. The van der Waals surface area contributed by atoms with Crippen molar-refractivity contribution in [2.24, 2.45) is 0 Å². The van der Waals surface area contributed by atoms with Crippen molar-refractivity contribution in [3.63, 3.8) is 0 Å². The molecule has 0 bridgehead atoms. The van der Waals surface area contributed by atoms with Gasteiger partial charge in [-0.15, -0.1) is 0 Å². The minimum Gasteiger partial charge on any atom is -0.476 e. The lowest BCUT2D eigenvalue weighted by molar-refractivity contribution is -0.137. The molecule has 2 heterocycles. The summed E-state index contributed by atoms with van der Waals surface area (Å²) in [4.78, 5) is 23.0. The van der Waals surface area contributed by atoms with Gasteiger partial charge in [0.05, 0.1) is 17.7 Å². The largest absolute Gasteiger partial charge is 0.476 e. The molecule has 9 heteroatoms. The van der Waals surface area contributed by atoms with E-state index in [4.69, 9.17) is 4.74 Å². The Balaban J connectivity index is 1.56. The highest BCUT2D eigenvalue weighted by Gasteiger charge is 2.34. The van der Waals surface area contributed by atoms with Gasteiger partial charge in [-0.1, -0.05) is 12.1 Å². The van der Waals surface area contributed by atoms with Gasteiger partial charge in [0, 0.05) is 19.2 Å². The van der Waals surface area contributed by atoms with E-state index in [0.29, 0.717) is 11.7 Å². The van der Waals surface area contributed by atoms with E-state index >= 15 is 0 Å². The average Bonchev–Trinajstić information content (AvgIpc) is 2.71. The van der Waals surface area contributed by atoms with Crippen molar-refractivity contribution in [3.8, 4) is 5.88 Å². The molecule has 1 aliphatic heterocycles. The number of hydrogen-bond acceptors (Lipinski definition) is 5. The number of benzene rings is 1. The first-order valence-electron chi connectivity index (χ1n) is 9.52. The number of amides is 1. The highest BCUT2D eigenvalue weighted by atomic mass is 19.4. The van der Waals surface area contributed by atoms with Crippen LogP contribution in [-0.4, -0.2) is 42.1 Å². The molecule has 29 heavy (non-hydrogen) atoms. The smallest absolute Gasteiger partial charge is 0.417 e. The quantitative estimate of drug-likeness (QED) is 0.740. The predicted octanol–water partition coefficient (Wildman–Crippen LogP) is 3.60. The molecule has 0 aliphatic carbocycles. The van der Waals surface area contributed by atoms with Crippen LogP contribution in [0.25, 0.3) is 0 Å². The van der Waals surface area contributed by atoms with Gasteiger partial charge in [0.25, 0.3) is 5.91 Å². The molecule has 1 aliphatic rings. The fraction of sp³-hybridized carbons (Fsp3) is 0.450. The number of nitrogens with one attached hydrogen (secondary N) is 1. The summed E-state index contributed by atoms with van der Waals surface area (Å²) in [5, 5.41) is 2.46. The Morgan fingerprint density at radius 2 is 1.90 bits per heavy atom. The second kappa shape index (κ2) is 9.11. The Morgan fingerprint density at radius 1 is 1.17 bits per heavy atom. The maximum atomic E-state index is 13.0. The third-order valence-corrected chi connectivity index (χ3v) is 4.60. The van der Waals surface area contributed by atoms with E-state index in [9.17, 15) is 18.0 Å². The molecule has 1 N–H and O–H groups in total. The lowest BCUT2D eigenvalue weighted by Gasteiger charge is -2.28. The number of nitrogens with zero attached hydrogens (tertiary/aromatic N) is 3. The fourth-order valence-corrected chi connectivity index (χ4v) is 3.23. The van der Waals surface area contributed by atoms with Crippen LogP contribution >= 0.6 is 0 Å². The summed E-state index contributed by atoms with van der Waals surface area (Å²) < 4.78 is 44.7. The van der Waals surface area contributed by atoms with Gasteiger partial charge >= 0.3 is 6.18 Å². The Morgan fingerprint density at radius 3 is 2.62 bits per heavy atom. The van der Waals surface area contributed by atoms with Gasteiger partial charge in [-0.05, 0) is 38.3 Å². The monoisotopic (exact) mass is 408 g/mol. The summed E-state index contributed by atoms with van der Waals surface area (Å²) in [5.41, 5.74) is -1.37. The lowest BCUT2D eigenvalue weighted by Crippen LogP contribution is -2.31. The van der Waals surface area contributed by atoms with Crippen molar-refractivity contribution < 1.29 is 22.7 Å². The van der Waals surface area contributed by atoms with Crippen LogP contribution in [-0.2, 0) is 6.18 Å². The normalized spacial score (nSPS) is 14.6. The van der Waals surface area contributed by atoms with Crippen LogP contribution in [0.5, 0.6) is 5.88 Å². The number of halogens is 3. The molecule has 0 saturated carbocycles. The van der Waals surface area contributed by atoms with Crippen LogP contribution < -0.4 is 15.0 Å². The molecular formula is C20H23F3N4O2. The minimum absolute atomic E-state index is 0.0487. The summed E-state index contributed by atoms with van der Waals surface area (Å²) in [6.07, 6.45) is -1.15. The van der Waals surface area contributed by atoms with Gasteiger partial charge < -0.3 is 15.0 Å². The van der Waals surface area contributed by atoms with E-state index in [1.807, 2.05) is 0 Å². The molecule has 0 radical (unpaired) electrons. The Hall–Kier alpha value is -2.84. The van der Waals surface area contributed by atoms with Gasteiger partial charge in [0.1, 0.15) is 18.2 Å². The minimum atomic E-state index is -4.59. The van der Waals surface area contributed by atoms with E-state index in [1.54, 1.807) is 13.0 Å². The topological polar surface area (TPSA) is 67.3 Å². The highest BCUT2D eigenvalue weighted by molar-refractivity contribution is 5.95. The molecule has 3 rings (SSSR count). The standard InChI is InChI=1S/C20H23F3N4O2/c1-14-25-17(27-10-5-2-6-11-27)13-18(26-14)29-12-9-24-19(28)15-7-3-4-8-16(15)20(21,22)23/h3-4,7-8,13H,2,5-6,9-12H2,1H3,(H,24,28). The first kappa shape index (κ1) is 20.9. The molecule has 1 saturated heterocycles. The van der Waals surface area contributed by atoms with Crippen LogP contribution in [0.2, 0.25) is 0 Å². The zero-order chi connectivity index (χ0) is 20.9. The van der Waals surface area contributed by atoms with E-state index < -0.39 is 23.2 Å². The molecule has 0 atom stereocenters. The highest BCUT2D eigenvalue weighted by Crippen LogP contribution is 2.31. The van der Waals surface area contributed by atoms with E-state index in [1.165, 1.54) is 18.6 Å². The number of ether oxygens (including phenoxy) is 1. The first-order valence-corrected chi connectivity index (χ1v) is 9.52. The summed E-state index contributed by atoms with van der Waals surface area (Å²) in [6, 6.07) is 6.43. The maximum Gasteiger partial charge on any atom is 0.417 e. The molecule has 1 aromatic carbocycles. The molecule has 156 valence electrons. The number of aromatic nitrogens is 2. The number of carbonyl (C=O) groups excluding carboxylic acids is 1. The number of rotatable bonds is 6. The van der Waals surface area contributed by atoms with Gasteiger partial charge in [-0.25, -0.2) is 4.98 Å². The molecule has 6 nitrogen and oxygen atoms in total. The number of alkyl halides is 3. The first-order chi connectivity index (χ1) is 13.8. The average molecular weight is 408 g/mol. The van der Waals surface area contributed by atoms with E-state index in [0.717, 1.165) is 43.9 Å². The van der Waals surface area contributed by atoms with E-state index in [2.05, 4.69) is 20.2 Å². The summed E-state index contributed by atoms with van der Waals surface area (Å²) in [5.74, 6) is 0.957. The van der Waals surface area contributed by atoms with Gasteiger partial charge in [-0.3, -0.25) is 4.79 Å². The molecule has 0 unspecified atom stereocenters. The van der Waals surface area contributed by atoms with Crippen molar-refractivity contribution >= 4 is 11.7 Å². The van der Waals surface area contributed by atoms with Crippen molar-refractivity contribution in [3.05, 3.63) is 47.3 Å². The molecule has 1 amide bonds. The van der Waals surface area contributed by atoms with Crippen LogP contribution in [0.4, 0.5) is 19.0 Å². The SMILES string of the molecule is Cc1nc(OCCNC(=O)c2ccccc2C(F)(F)F)cc(N2CCCCC2)n1. The molecular weight excluding hydrogens is 385 g/mol. The number of carbonyl (C=O) groups is 1. The fourth-order valence-electron chi connectivity index (χ4n) is 3.23. The maximum absolute atomic E-state index is 13.0. The number of hydrogen-bond donors (Lipinski definition) is 1. The zero-order valence-corrected chi connectivity index (χ0v) is 16.1. The van der Waals surface area contributed by atoms with Crippen LogP contribution in [0, 0.1) is 6.92 Å².